The molecule has 2 amide bonds. The van der Waals surface area contributed by atoms with E-state index in [1.54, 1.807) is 0 Å². The van der Waals surface area contributed by atoms with Gasteiger partial charge in [-0.1, -0.05) is 48.5 Å². The minimum atomic E-state index is -0.140. The van der Waals surface area contributed by atoms with Gasteiger partial charge in [0.15, 0.2) is 0 Å². The van der Waals surface area contributed by atoms with Crippen molar-refractivity contribution in [2.45, 2.75) is 12.8 Å². The van der Waals surface area contributed by atoms with Crippen LogP contribution < -0.4 is 10.2 Å². The highest BCUT2D eigenvalue weighted by molar-refractivity contribution is 6.08. The van der Waals surface area contributed by atoms with Crippen LogP contribution in [0.25, 0.3) is 10.8 Å². The van der Waals surface area contributed by atoms with Gasteiger partial charge < -0.3 is 10.2 Å². The molecule has 4 aromatic rings. The van der Waals surface area contributed by atoms with E-state index in [0.29, 0.717) is 17.7 Å². The lowest BCUT2D eigenvalue weighted by molar-refractivity contribution is 0.0983. The molecule has 4 heteroatoms. The molecule has 4 aromatic carbocycles. The van der Waals surface area contributed by atoms with E-state index >= 15 is 0 Å². The summed E-state index contributed by atoms with van der Waals surface area (Å²) in [7, 11) is 0. The fourth-order valence-corrected chi connectivity index (χ4v) is 4.16. The zero-order chi connectivity index (χ0) is 21.2. The molecule has 4 nitrogen and oxygen atoms in total. The zero-order valence-electron chi connectivity index (χ0n) is 17.0. The number of anilines is 2. The van der Waals surface area contributed by atoms with Crippen LogP contribution in [-0.2, 0) is 6.42 Å². The zero-order valence-corrected chi connectivity index (χ0v) is 17.0. The summed E-state index contributed by atoms with van der Waals surface area (Å²) in [5, 5.41) is 5.15. The Morgan fingerprint density at radius 3 is 2.35 bits per heavy atom. The third-order valence-corrected chi connectivity index (χ3v) is 5.73. The van der Waals surface area contributed by atoms with Crippen LogP contribution >= 0.6 is 0 Å². The van der Waals surface area contributed by atoms with Crippen molar-refractivity contribution < 1.29 is 9.59 Å². The van der Waals surface area contributed by atoms with Crippen molar-refractivity contribution >= 4 is 34.0 Å². The number of carbonyl (C=O) groups is 2. The predicted molar refractivity (Wildman–Crippen MR) is 125 cm³/mol. The third-order valence-electron chi connectivity index (χ3n) is 5.73. The smallest absolute Gasteiger partial charge is 0.258 e. The van der Waals surface area contributed by atoms with Crippen molar-refractivity contribution in [1.82, 2.24) is 0 Å². The topological polar surface area (TPSA) is 49.4 Å². The Labute approximate surface area is 181 Å². The Morgan fingerprint density at radius 2 is 1.52 bits per heavy atom. The molecule has 31 heavy (non-hydrogen) atoms. The summed E-state index contributed by atoms with van der Waals surface area (Å²) in [6.45, 7) is 0.698. The molecule has 5 rings (SSSR count). The molecule has 0 unspecified atom stereocenters. The Kier molecular flexibility index (Phi) is 4.97. The first-order valence-electron chi connectivity index (χ1n) is 10.5. The summed E-state index contributed by atoms with van der Waals surface area (Å²) >= 11 is 0. The standard InChI is InChI=1S/C27H22N2O2/c30-26(23-13-12-19-7-4-5-10-21(19)17-23)28-24-14-15-25-22(18-24)11-6-16-29(25)27(31)20-8-2-1-3-9-20/h1-5,7-10,12-15,17-18H,6,11,16H2,(H,28,30). The molecule has 1 N–H and O–H groups in total. The Morgan fingerprint density at radius 1 is 0.742 bits per heavy atom. The Bertz CT molecular complexity index is 1280. The normalized spacial score (nSPS) is 13.0. The van der Waals surface area contributed by atoms with E-state index in [2.05, 4.69) is 5.32 Å². The highest BCUT2D eigenvalue weighted by Gasteiger charge is 2.24. The Hall–Kier alpha value is -3.92. The van der Waals surface area contributed by atoms with Crippen LogP contribution in [0.4, 0.5) is 11.4 Å². The van der Waals surface area contributed by atoms with Crippen LogP contribution in [0.3, 0.4) is 0 Å². The number of rotatable bonds is 3. The molecule has 0 saturated carbocycles. The van der Waals surface area contributed by atoms with Gasteiger partial charge in [-0.3, -0.25) is 9.59 Å². The minimum absolute atomic E-state index is 0.00880. The quantitative estimate of drug-likeness (QED) is 0.475. The van der Waals surface area contributed by atoms with Crippen molar-refractivity contribution in [3.05, 3.63) is 108 Å². The number of aryl methyl sites for hydroxylation is 1. The van der Waals surface area contributed by atoms with E-state index in [9.17, 15) is 9.59 Å². The average Bonchev–Trinajstić information content (AvgIpc) is 2.83. The number of hydrogen-bond donors (Lipinski definition) is 1. The molecule has 0 spiro atoms. The van der Waals surface area contributed by atoms with Crippen molar-refractivity contribution in [1.29, 1.82) is 0 Å². The molecule has 1 heterocycles. The molecular weight excluding hydrogens is 384 g/mol. The molecule has 1 aliphatic rings. The summed E-state index contributed by atoms with van der Waals surface area (Å²) in [6.07, 6.45) is 1.78. The van der Waals surface area contributed by atoms with Gasteiger partial charge in [0.1, 0.15) is 0 Å². The van der Waals surface area contributed by atoms with Gasteiger partial charge in [-0.25, -0.2) is 0 Å². The lowest BCUT2D eigenvalue weighted by atomic mass is 9.99. The van der Waals surface area contributed by atoms with Crippen LogP contribution in [0.1, 0.15) is 32.7 Å². The first-order chi connectivity index (χ1) is 15.2. The van der Waals surface area contributed by atoms with Gasteiger partial charge in [0, 0.05) is 29.0 Å². The van der Waals surface area contributed by atoms with Crippen molar-refractivity contribution in [2.24, 2.45) is 0 Å². The first kappa shape index (κ1) is 19.1. The van der Waals surface area contributed by atoms with Gasteiger partial charge in [-0.2, -0.15) is 0 Å². The molecule has 1 aliphatic heterocycles. The maximum absolute atomic E-state index is 13.0. The van der Waals surface area contributed by atoms with Gasteiger partial charge in [-0.15, -0.1) is 0 Å². The van der Waals surface area contributed by atoms with Gasteiger partial charge in [-0.05, 0) is 71.6 Å². The summed E-state index contributed by atoms with van der Waals surface area (Å²) < 4.78 is 0. The second kappa shape index (κ2) is 8.07. The van der Waals surface area contributed by atoms with Crippen LogP contribution in [0.2, 0.25) is 0 Å². The van der Waals surface area contributed by atoms with E-state index in [1.807, 2.05) is 95.9 Å². The Balaban J connectivity index is 1.38. The van der Waals surface area contributed by atoms with E-state index in [1.165, 1.54) is 0 Å². The van der Waals surface area contributed by atoms with Gasteiger partial charge >= 0.3 is 0 Å². The number of carbonyl (C=O) groups excluding carboxylic acids is 2. The summed E-state index contributed by atoms with van der Waals surface area (Å²) in [6, 6.07) is 28.8. The second-order valence-electron chi connectivity index (χ2n) is 7.79. The molecule has 0 aliphatic carbocycles. The summed E-state index contributed by atoms with van der Waals surface area (Å²) in [5.74, 6) is -0.131. The summed E-state index contributed by atoms with van der Waals surface area (Å²) in [4.78, 5) is 27.6. The number of amides is 2. The molecule has 0 fully saturated rings. The number of nitrogens with one attached hydrogen (secondary N) is 1. The van der Waals surface area contributed by atoms with E-state index in [0.717, 1.165) is 40.6 Å². The van der Waals surface area contributed by atoms with Crippen LogP contribution in [-0.4, -0.2) is 18.4 Å². The van der Waals surface area contributed by atoms with Gasteiger partial charge in [0.25, 0.3) is 11.8 Å². The van der Waals surface area contributed by atoms with Crippen LogP contribution in [0.5, 0.6) is 0 Å². The number of nitrogens with zero attached hydrogens (tertiary/aromatic N) is 1. The van der Waals surface area contributed by atoms with Crippen LogP contribution in [0.15, 0.2) is 91.0 Å². The fourth-order valence-electron chi connectivity index (χ4n) is 4.16. The minimum Gasteiger partial charge on any atom is -0.322 e. The van der Waals surface area contributed by atoms with Crippen molar-refractivity contribution in [3.63, 3.8) is 0 Å². The van der Waals surface area contributed by atoms with E-state index < -0.39 is 0 Å². The second-order valence-corrected chi connectivity index (χ2v) is 7.79. The van der Waals surface area contributed by atoms with Crippen LogP contribution in [0, 0.1) is 0 Å². The third kappa shape index (κ3) is 3.80. The lowest BCUT2D eigenvalue weighted by Crippen LogP contribution is -2.35. The highest BCUT2D eigenvalue weighted by atomic mass is 16.2. The molecule has 0 aromatic heterocycles. The molecule has 0 saturated heterocycles. The first-order valence-corrected chi connectivity index (χ1v) is 10.5. The van der Waals surface area contributed by atoms with Gasteiger partial charge in [0.2, 0.25) is 0 Å². The maximum atomic E-state index is 13.0. The number of hydrogen-bond acceptors (Lipinski definition) is 2. The number of benzene rings is 4. The molecule has 152 valence electrons. The predicted octanol–water partition coefficient (Wildman–Crippen LogP) is 5.69. The molecule has 0 bridgehead atoms. The number of fused-ring (bicyclic) bond motifs is 2. The van der Waals surface area contributed by atoms with E-state index in [4.69, 9.17) is 0 Å². The maximum Gasteiger partial charge on any atom is 0.258 e. The van der Waals surface area contributed by atoms with E-state index in [-0.39, 0.29) is 11.8 Å². The highest BCUT2D eigenvalue weighted by Crippen LogP contribution is 2.31. The SMILES string of the molecule is O=C(Nc1ccc2c(c1)CCCN2C(=O)c1ccccc1)c1ccc2ccccc2c1. The van der Waals surface area contributed by atoms with Gasteiger partial charge in [0.05, 0.1) is 0 Å². The largest absolute Gasteiger partial charge is 0.322 e. The average molecular weight is 406 g/mol. The lowest BCUT2D eigenvalue weighted by Gasteiger charge is -2.30. The monoisotopic (exact) mass is 406 g/mol. The van der Waals surface area contributed by atoms with Crippen molar-refractivity contribution in [2.75, 3.05) is 16.8 Å². The fraction of sp³-hybridized carbons (Fsp3) is 0.111. The molecule has 0 radical (unpaired) electrons. The summed E-state index contributed by atoms with van der Waals surface area (Å²) in [5.41, 5.74) is 4.04. The molecular formula is C27H22N2O2. The van der Waals surface area contributed by atoms with Crippen molar-refractivity contribution in [3.8, 4) is 0 Å². The molecule has 0 atom stereocenters.